The molecule has 0 radical (unpaired) electrons. The van der Waals surface area contributed by atoms with Crippen molar-refractivity contribution in [3.8, 4) is 0 Å². The zero-order valence-electron chi connectivity index (χ0n) is 15.4. The summed E-state index contributed by atoms with van der Waals surface area (Å²) in [6.07, 6.45) is 4.99. The van der Waals surface area contributed by atoms with Crippen molar-refractivity contribution < 1.29 is 9.15 Å². The summed E-state index contributed by atoms with van der Waals surface area (Å²) in [6.45, 7) is 8.79. The Kier molecular flexibility index (Phi) is 5.23. The van der Waals surface area contributed by atoms with Gasteiger partial charge in [-0.1, -0.05) is 27.7 Å². The predicted molar refractivity (Wildman–Crippen MR) is 100 cm³/mol. The van der Waals surface area contributed by atoms with E-state index in [1.807, 2.05) is 56.8 Å². The van der Waals surface area contributed by atoms with Gasteiger partial charge in [0.1, 0.15) is 5.76 Å². The summed E-state index contributed by atoms with van der Waals surface area (Å²) in [4.78, 5) is 12.3. The molecule has 1 atom stereocenters. The van der Waals surface area contributed by atoms with Gasteiger partial charge in [0.15, 0.2) is 6.23 Å². The molecule has 0 amide bonds. The van der Waals surface area contributed by atoms with Crippen LogP contribution in [0.15, 0.2) is 33.6 Å². The van der Waals surface area contributed by atoms with E-state index in [1.54, 1.807) is 0 Å². The first-order valence-electron chi connectivity index (χ1n) is 9.20. The fourth-order valence-electron chi connectivity index (χ4n) is 3.18. The molecule has 1 aliphatic rings. The first-order chi connectivity index (χ1) is 12.1. The predicted octanol–water partition coefficient (Wildman–Crippen LogP) is 4.99. The van der Waals surface area contributed by atoms with E-state index < -0.39 is 0 Å². The molecule has 0 spiro atoms. The molecule has 0 bridgehead atoms. The van der Waals surface area contributed by atoms with E-state index in [-0.39, 0.29) is 17.8 Å². The summed E-state index contributed by atoms with van der Waals surface area (Å²) in [5.74, 6) is 0.894. The highest BCUT2D eigenvalue weighted by Gasteiger charge is 2.19. The molecular weight excluding hydrogens is 316 g/mol. The maximum atomic E-state index is 12.3. The largest absolute Gasteiger partial charge is 0.427 e. The lowest BCUT2D eigenvalue weighted by Gasteiger charge is -2.23. The molecule has 0 N–H and O–H groups in total. The van der Waals surface area contributed by atoms with E-state index in [0.29, 0.717) is 11.1 Å². The zero-order valence-corrected chi connectivity index (χ0v) is 15.4. The van der Waals surface area contributed by atoms with Gasteiger partial charge in [-0.05, 0) is 42.8 Å². The highest BCUT2D eigenvalue weighted by molar-refractivity contribution is 5.96. The lowest BCUT2D eigenvalue weighted by molar-refractivity contribution is -0.0366. The maximum Gasteiger partial charge on any atom is 0.343 e. The number of ether oxygens (including phenoxy) is 1. The van der Waals surface area contributed by atoms with Crippen molar-refractivity contribution in [1.82, 2.24) is 9.78 Å². The van der Waals surface area contributed by atoms with Gasteiger partial charge < -0.3 is 9.15 Å². The fraction of sp³-hybridized carbons (Fsp3) is 0.500. The standard InChI is InChI=1S/C18H20N2O3.C2H6/c1-11(2)16-8-12-7-13-10-19-20(17-5-3-4-6-22-17)15(13)9-14(12)18(21)23-16;1-2/h7-11,17H,3-6H2,1-2H3;1-2H3. The second-order valence-corrected chi connectivity index (χ2v) is 6.50. The third kappa shape index (κ3) is 3.33. The van der Waals surface area contributed by atoms with Crippen molar-refractivity contribution in [2.45, 2.75) is 59.1 Å². The molecule has 1 saturated heterocycles. The Morgan fingerprint density at radius 3 is 2.64 bits per heavy atom. The number of hydrogen-bond donors (Lipinski definition) is 0. The first kappa shape index (κ1) is 17.7. The molecule has 1 aliphatic heterocycles. The topological polar surface area (TPSA) is 57.3 Å². The van der Waals surface area contributed by atoms with Crippen LogP contribution >= 0.6 is 0 Å². The molecule has 0 saturated carbocycles. The fourth-order valence-corrected chi connectivity index (χ4v) is 3.18. The number of fused-ring (bicyclic) bond motifs is 2. The van der Waals surface area contributed by atoms with Crippen LogP contribution in [0, 0.1) is 0 Å². The van der Waals surface area contributed by atoms with Gasteiger partial charge in [0.25, 0.3) is 0 Å². The van der Waals surface area contributed by atoms with Crippen LogP contribution in [0.25, 0.3) is 21.7 Å². The number of aromatic nitrogens is 2. The minimum absolute atomic E-state index is 0.0410. The Morgan fingerprint density at radius 2 is 1.96 bits per heavy atom. The monoisotopic (exact) mass is 342 g/mol. The Labute approximate surface area is 147 Å². The highest BCUT2D eigenvalue weighted by atomic mass is 16.5. The molecule has 134 valence electrons. The Balaban J connectivity index is 0.000000880. The molecule has 1 unspecified atom stereocenters. The van der Waals surface area contributed by atoms with Gasteiger partial charge in [-0.3, -0.25) is 0 Å². The number of hydrogen-bond acceptors (Lipinski definition) is 4. The molecule has 1 aromatic carbocycles. The van der Waals surface area contributed by atoms with Crippen LogP contribution in [-0.2, 0) is 4.74 Å². The minimum Gasteiger partial charge on any atom is -0.427 e. The van der Waals surface area contributed by atoms with Gasteiger partial charge in [-0.2, -0.15) is 5.10 Å². The van der Waals surface area contributed by atoms with Crippen molar-refractivity contribution in [2.75, 3.05) is 6.61 Å². The Bertz CT molecular complexity index is 918. The van der Waals surface area contributed by atoms with E-state index in [1.165, 1.54) is 0 Å². The SMILES string of the molecule is CC.CC(C)c1cc2cc3cnn(C4CCCCO4)c3cc2c(=O)o1. The summed E-state index contributed by atoms with van der Waals surface area (Å²) >= 11 is 0. The van der Waals surface area contributed by atoms with E-state index in [4.69, 9.17) is 9.15 Å². The van der Waals surface area contributed by atoms with E-state index in [0.717, 1.165) is 42.2 Å². The maximum absolute atomic E-state index is 12.3. The average molecular weight is 342 g/mol. The van der Waals surface area contributed by atoms with Crippen LogP contribution in [0.1, 0.15) is 64.9 Å². The molecular formula is C20H26N2O3. The summed E-state index contributed by atoms with van der Waals surface area (Å²) in [5.41, 5.74) is 0.638. The zero-order chi connectivity index (χ0) is 18.0. The summed E-state index contributed by atoms with van der Waals surface area (Å²) in [7, 11) is 0. The van der Waals surface area contributed by atoms with Gasteiger partial charge in [-0.15, -0.1) is 0 Å². The second-order valence-electron chi connectivity index (χ2n) is 6.50. The summed E-state index contributed by atoms with van der Waals surface area (Å²) in [6, 6.07) is 5.85. The third-order valence-corrected chi connectivity index (χ3v) is 4.49. The smallest absolute Gasteiger partial charge is 0.343 e. The summed E-state index contributed by atoms with van der Waals surface area (Å²) in [5, 5.41) is 7.01. The third-order valence-electron chi connectivity index (χ3n) is 4.49. The highest BCUT2D eigenvalue weighted by Crippen LogP contribution is 2.29. The van der Waals surface area contributed by atoms with Gasteiger partial charge in [-0.25, -0.2) is 9.48 Å². The van der Waals surface area contributed by atoms with Crippen molar-refractivity contribution in [3.05, 3.63) is 40.6 Å². The molecule has 5 heteroatoms. The molecule has 3 heterocycles. The van der Waals surface area contributed by atoms with Crippen LogP contribution in [-0.4, -0.2) is 16.4 Å². The van der Waals surface area contributed by atoms with Crippen LogP contribution in [0.3, 0.4) is 0 Å². The van der Waals surface area contributed by atoms with Crippen LogP contribution < -0.4 is 5.63 Å². The number of benzene rings is 1. The van der Waals surface area contributed by atoms with Crippen LogP contribution in [0.5, 0.6) is 0 Å². The van der Waals surface area contributed by atoms with Crippen molar-refractivity contribution in [2.24, 2.45) is 0 Å². The lowest BCUT2D eigenvalue weighted by Crippen LogP contribution is -2.19. The quantitative estimate of drug-likeness (QED) is 0.658. The van der Waals surface area contributed by atoms with Crippen molar-refractivity contribution >= 4 is 21.7 Å². The minimum atomic E-state index is -0.287. The molecule has 2 aromatic heterocycles. The lowest BCUT2D eigenvalue weighted by atomic mass is 10.1. The number of nitrogens with zero attached hydrogens (tertiary/aromatic N) is 2. The molecule has 5 nitrogen and oxygen atoms in total. The van der Waals surface area contributed by atoms with E-state index >= 15 is 0 Å². The molecule has 3 aromatic rings. The van der Waals surface area contributed by atoms with E-state index in [9.17, 15) is 4.79 Å². The first-order valence-corrected chi connectivity index (χ1v) is 9.20. The van der Waals surface area contributed by atoms with Gasteiger partial charge in [0.2, 0.25) is 0 Å². The van der Waals surface area contributed by atoms with Gasteiger partial charge >= 0.3 is 5.63 Å². The molecule has 0 aliphatic carbocycles. The van der Waals surface area contributed by atoms with Gasteiger partial charge in [0, 0.05) is 17.9 Å². The van der Waals surface area contributed by atoms with E-state index in [2.05, 4.69) is 5.10 Å². The Morgan fingerprint density at radius 1 is 1.16 bits per heavy atom. The van der Waals surface area contributed by atoms with Crippen molar-refractivity contribution in [3.63, 3.8) is 0 Å². The average Bonchev–Trinajstić information content (AvgIpc) is 3.05. The molecule has 4 rings (SSSR count). The van der Waals surface area contributed by atoms with Crippen LogP contribution in [0.2, 0.25) is 0 Å². The molecule has 1 fully saturated rings. The van der Waals surface area contributed by atoms with Crippen molar-refractivity contribution in [1.29, 1.82) is 0 Å². The van der Waals surface area contributed by atoms with Gasteiger partial charge in [0.05, 0.1) is 17.1 Å². The Hall–Kier alpha value is -2.14. The number of rotatable bonds is 2. The van der Waals surface area contributed by atoms with Crippen LogP contribution in [0.4, 0.5) is 0 Å². The normalized spacial score (nSPS) is 17.7. The second kappa shape index (κ2) is 7.40. The summed E-state index contributed by atoms with van der Waals surface area (Å²) < 4.78 is 13.2. The molecule has 25 heavy (non-hydrogen) atoms.